The molecule has 0 saturated carbocycles. The number of hydrogen-bond acceptors (Lipinski definition) is 4. The molecule has 1 N–H and O–H groups in total. The first-order chi connectivity index (χ1) is 8.78. The molecule has 0 amide bonds. The van der Waals surface area contributed by atoms with E-state index in [9.17, 15) is 0 Å². The van der Waals surface area contributed by atoms with Crippen LogP contribution in [0.1, 0.15) is 11.3 Å². The van der Waals surface area contributed by atoms with E-state index in [0.717, 1.165) is 24.5 Å². The number of benzene rings is 1. The zero-order chi connectivity index (χ0) is 12.5. The van der Waals surface area contributed by atoms with Crippen molar-refractivity contribution in [3.8, 4) is 0 Å². The van der Waals surface area contributed by atoms with Crippen molar-refractivity contribution in [2.24, 2.45) is 0 Å². The summed E-state index contributed by atoms with van der Waals surface area (Å²) in [6.45, 7) is 2.98. The van der Waals surface area contributed by atoms with Crippen molar-refractivity contribution in [2.75, 3.05) is 23.8 Å². The number of fused-ring (bicyclic) bond motifs is 1. The van der Waals surface area contributed by atoms with Crippen LogP contribution in [-0.2, 0) is 6.42 Å². The van der Waals surface area contributed by atoms with E-state index >= 15 is 0 Å². The van der Waals surface area contributed by atoms with Crippen LogP contribution in [0.2, 0.25) is 0 Å². The van der Waals surface area contributed by atoms with Gasteiger partial charge >= 0.3 is 0 Å². The molecule has 18 heavy (non-hydrogen) atoms. The molecule has 0 unspecified atom stereocenters. The number of nitrogens with one attached hydrogen (secondary N) is 1. The van der Waals surface area contributed by atoms with E-state index in [1.165, 1.54) is 11.3 Å². The molecule has 0 atom stereocenters. The lowest BCUT2D eigenvalue weighted by molar-refractivity contribution is 0.958. The number of nitrogens with zero attached hydrogens (tertiary/aromatic N) is 3. The minimum Gasteiger partial charge on any atom is -0.357 e. The number of anilines is 3. The standard InChI is InChI=1S/C14H16N4/c1-10-9-13(17-14(15-2)16-10)18-8-7-11-5-3-4-6-12(11)18/h3-6,9H,7-8H2,1-2H3,(H,15,16,17). The fraction of sp³-hybridized carbons (Fsp3) is 0.286. The molecule has 0 bridgehead atoms. The van der Waals surface area contributed by atoms with Crippen LogP contribution >= 0.6 is 0 Å². The Kier molecular flexibility index (Phi) is 2.63. The first-order valence-electron chi connectivity index (χ1n) is 6.17. The molecule has 0 spiro atoms. The van der Waals surface area contributed by atoms with Gasteiger partial charge in [0, 0.05) is 31.0 Å². The minimum atomic E-state index is 0.675. The molecule has 3 rings (SSSR count). The van der Waals surface area contributed by atoms with Crippen LogP contribution in [-0.4, -0.2) is 23.6 Å². The summed E-state index contributed by atoms with van der Waals surface area (Å²) in [6, 6.07) is 10.5. The van der Waals surface area contributed by atoms with Crippen molar-refractivity contribution in [2.45, 2.75) is 13.3 Å². The maximum atomic E-state index is 4.54. The van der Waals surface area contributed by atoms with Gasteiger partial charge in [-0.3, -0.25) is 0 Å². The largest absolute Gasteiger partial charge is 0.357 e. The van der Waals surface area contributed by atoms with E-state index < -0.39 is 0 Å². The topological polar surface area (TPSA) is 41.1 Å². The molecule has 4 heteroatoms. The SMILES string of the molecule is CNc1nc(C)cc(N2CCc3ccccc32)n1. The van der Waals surface area contributed by atoms with Gasteiger partial charge in [-0.15, -0.1) is 0 Å². The lowest BCUT2D eigenvalue weighted by Crippen LogP contribution is -2.16. The molecule has 2 heterocycles. The van der Waals surface area contributed by atoms with Gasteiger partial charge in [0.05, 0.1) is 0 Å². The zero-order valence-electron chi connectivity index (χ0n) is 10.6. The molecule has 0 fully saturated rings. The summed E-state index contributed by atoms with van der Waals surface area (Å²) in [7, 11) is 1.84. The van der Waals surface area contributed by atoms with Crippen LogP contribution in [0, 0.1) is 6.92 Å². The Hall–Kier alpha value is -2.10. The normalized spacial score (nSPS) is 13.6. The second-order valence-corrected chi connectivity index (χ2v) is 4.47. The van der Waals surface area contributed by atoms with Gasteiger partial charge in [-0.1, -0.05) is 18.2 Å². The number of hydrogen-bond donors (Lipinski definition) is 1. The van der Waals surface area contributed by atoms with Crippen molar-refractivity contribution < 1.29 is 0 Å². The van der Waals surface area contributed by atoms with Gasteiger partial charge in [-0.05, 0) is 25.0 Å². The first-order valence-corrected chi connectivity index (χ1v) is 6.17. The predicted octanol–water partition coefficient (Wildman–Crippen LogP) is 2.52. The molecule has 1 aliphatic heterocycles. The maximum Gasteiger partial charge on any atom is 0.224 e. The van der Waals surface area contributed by atoms with E-state index in [2.05, 4.69) is 44.5 Å². The molecule has 4 nitrogen and oxygen atoms in total. The molecule has 1 aromatic heterocycles. The summed E-state index contributed by atoms with van der Waals surface area (Å²) >= 11 is 0. The van der Waals surface area contributed by atoms with Crippen LogP contribution in [0.25, 0.3) is 0 Å². The van der Waals surface area contributed by atoms with Gasteiger partial charge in [0.1, 0.15) is 5.82 Å². The summed E-state index contributed by atoms with van der Waals surface area (Å²) in [6.07, 6.45) is 1.08. The van der Waals surface area contributed by atoms with Crippen LogP contribution in [0.15, 0.2) is 30.3 Å². The van der Waals surface area contributed by atoms with Crippen molar-refractivity contribution in [1.82, 2.24) is 9.97 Å². The van der Waals surface area contributed by atoms with Crippen LogP contribution in [0.4, 0.5) is 17.5 Å². The van der Waals surface area contributed by atoms with Crippen LogP contribution in [0.3, 0.4) is 0 Å². The highest BCUT2D eigenvalue weighted by Crippen LogP contribution is 2.33. The Balaban J connectivity index is 2.04. The van der Waals surface area contributed by atoms with Crippen LogP contribution < -0.4 is 10.2 Å². The molecule has 0 radical (unpaired) electrons. The number of para-hydroxylation sites is 1. The molecule has 1 aliphatic rings. The van der Waals surface area contributed by atoms with Crippen molar-refractivity contribution in [3.63, 3.8) is 0 Å². The Morgan fingerprint density at radius 3 is 2.89 bits per heavy atom. The van der Waals surface area contributed by atoms with Gasteiger partial charge in [0.15, 0.2) is 0 Å². The van der Waals surface area contributed by atoms with Crippen molar-refractivity contribution in [1.29, 1.82) is 0 Å². The second-order valence-electron chi connectivity index (χ2n) is 4.47. The second kappa shape index (κ2) is 4.29. The van der Waals surface area contributed by atoms with E-state index in [1.807, 2.05) is 20.0 Å². The lowest BCUT2D eigenvalue weighted by atomic mass is 10.2. The van der Waals surface area contributed by atoms with Crippen molar-refractivity contribution in [3.05, 3.63) is 41.6 Å². The van der Waals surface area contributed by atoms with Crippen LogP contribution in [0.5, 0.6) is 0 Å². The Labute approximate surface area is 107 Å². The third-order valence-corrected chi connectivity index (χ3v) is 3.23. The summed E-state index contributed by atoms with van der Waals surface area (Å²) < 4.78 is 0. The molecule has 92 valence electrons. The highest BCUT2D eigenvalue weighted by molar-refractivity contribution is 5.68. The zero-order valence-corrected chi connectivity index (χ0v) is 10.6. The highest BCUT2D eigenvalue weighted by atomic mass is 15.2. The summed E-state index contributed by atoms with van der Waals surface area (Å²) in [5.41, 5.74) is 3.63. The minimum absolute atomic E-state index is 0.675. The first kappa shape index (κ1) is 11.0. The Morgan fingerprint density at radius 1 is 1.22 bits per heavy atom. The van der Waals surface area contributed by atoms with Gasteiger partial charge in [0.2, 0.25) is 5.95 Å². The van der Waals surface area contributed by atoms with Gasteiger partial charge < -0.3 is 10.2 Å². The van der Waals surface area contributed by atoms with Gasteiger partial charge in [-0.25, -0.2) is 4.98 Å². The average molecular weight is 240 g/mol. The maximum absolute atomic E-state index is 4.54. The quantitative estimate of drug-likeness (QED) is 0.875. The predicted molar refractivity (Wildman–Crippen MR) is 73.5 cm³/mol. The molecular formula is C14H16N4. The molecule has 0 saturated heterocycles. The van der Waals surface area contributed by atoms with Gasteiger partial charge in [-0.2, -0.15) is 4.98 Å². The highest BCUT2D eigenvalue weighted by Gasteiger charge is 2.21. The molecule has 0 aliphatic carbocycles. The van der Waals surface area contributed by atoms with E-state index in [4.69, 9.17) is 0 Å². The Morgan fingerprint density at radius 2 is 2.06 bits per heavy atom. The third kappa shape index (κ3) is 1.79. The summed E-state index contributed by atoms with van der Waals surface area (Å²) in [4.78, 5) is 11.1. The summed E-state index contributed by atoms with van der Waals surface area (Å²) in [5.74, 6) is 1.64. The fourth-order valence-corrected chi connectivity index (χ4v) is 2.38. The monoisotopic (exact) mass is 240 g/mol. The molecule has 2 aromatic rings. The Bertz CT molecular complexity index is 580. The molecular weight excluding hydrogens is 224 g/mol. The average Bonchev–Trinajstić information content (AvgIpc) is 2.81. The fourth-order valence-electron chi connectivity index (χ4n) is 2.38. The smallest absolute Gasteiger partial charge is 0.224 e. The van der Waals surface area contributed by atoms with E-state index in [-0.39, 0.29) is 0 Å². The lowest BCUT2D eigenvalue weighted by Gasteiger charge is -2.19. The van der Waals surface area contributed by atoms with Crippen molar-refractivity contribution >= 4 is 17.5 Å². The number of aryl methyl sites for hydroxylation is 1. The third-order valence-electron chi connectivity index (χ3n) is 3.23. The summed E-state index contributed by atoms with van der Waals surface area (Å²) in [5, 5.41) is 3.01. The molecule has 1 aromatic carbocycles. The number of aromatic nitrogens is 2. The number of rotatable bonds is 2. The van der Waals surface area contributed by atoms with Gasteiger partial charge in [0.25, 0.3) is 0 Å². The van der Waals surface area contributed by atoms with E-state index in [0.29, 0.717) is 5.95 Å². The van der Waals surface area contributed by atoms with E-state index in [1.54, 1.807) is 0 Å².